The molecule has 1 fully saturated rings. The van der Waals surface area contributed by atoms with E-state index < -0.39 is 29.1 Å². The molecule has 0 amide bonds. The van der Waals surface area contributed by atoms with Crippen molar-refractivity contribution in [1.29, 1.82) is 5.26 Å². The first kappa shape index (κ1) is 20.6. The molecule has 1 aliphatic rings. The highest BCUT2D eigenvalue weighted by molar-refractivity contribution is 6.03. The minimum Gasteiger partial charge on any atom is -0.494 e. The fourth-order valence-corrected chi connectivity index (χ4v) is 3.89. The lowest BCUT2D eigenvalue weighted by Gasteiger charge is -2.22. The third-order valence-corrected chi connectivity index (χ3v) is 5.45. The van der Waals surface area contributed by atoms with Crippen molar-refractivity contribution in [2.45, 2.75) is 58.1 Å². The summed E-state index contributed by atoms with van der Waals surface area (Å²) in [6.45, 7) is 3.16. The van der Waals surface area contributed by atoms with E-state index in [9.17, 15) is 24.3 Å². The number of carbonyl (C=O) groups is 1. The van der Waals surface area contributed by atoms with E-state index in [4.69, 9.17) is 4.74 Å². The Balaban J connectivity index is 2.09. The maximum absolute atomic E-state index is 14.0. The summed E-state index contributed by atoms with van der Waals surface area (Å²) in [6.07, 6.45) is 2.34. The number of nitriles is 1. The SMILES string of the molecule is CCC(Oc1ccccc1F)C(=O)c1c(C)c(C#N)c(=O)n(C2CCCC2)c1O. The van der Waals surface area contributed by atoms with Gasteiger partial charge in [0.2, 0.25) is 11.7 Å². The van der Waals surface area contributed by atoms with E-state index in [1.165, 1.54) is 29.7 Å². The molecule has 1 N–H and O–H groups in total. The number of hydrogen-bond acceptors (Lipinski definition) is 5. The van der Waals surface area contributed by atoms with Gasteiger partial charge < -0.3 is 9.84 Å². The molecule has 29 heavy (non-hydrogen) atoms. The third kappa shape index (κ3) is 3.75. The molecule has 1 unspecified atom stereocenters. The van der Waals surface area contributed by atoms with E-state index in [0.29, 0.717) is 12.8 Å². The Morgan fingerprint density at radius 2 is 2.03 bits per heavy atom. The van der Waals surface area contributed by atoms with Crippen LogP contribution in [0.4, 0.5) is 4.39 Å². The molecule has 1 atom stereocenters. The van der Waals surface area contributed by atoms with Crippen molar-refractivity contribution in [2.75, 3.05) is 0 Å². The molecule has 7 heteroatoms. The van der Waals surface area contributed by atoms with E-state index >= 15 is 0 Å². The summed E-state index contributed by atoms with van der Waals surface area (Å²) in [4.78, 5) is 26.0. The van der Waals surface area contributed by atoms with Gasteiger partial charge in [-0.3, -0.25) is 14.2 Å². The smallest absolute Gasteiger partial charge is 0.271 e. The summed E-state index contributed by atoms with van der Waals surface area (Å²) < 4.78 is 20.7. The Hall–Kier alpha value is -3.14. The quantitative estimate of drug-likeness (QED) is 0.742. The number of hydrogen-bond donors (Lipinski definition) is 1. The number of carbonyl (C=O) groups excluding carboxylic acids is 1. The van der Waals surface area contributed by atoms with Gasteiger partial charge in [-0.2, -0.15) is 5.26 Å². The monoisotopic (exact) mass is 398 g/mol. The number of nitrogens with zero attached hydrogens (tertiary/aromatic N) is 2. The molecule has 1 saturated carbocycles. The molecule has 0 spiro atoms. The fraction of sp³-hybridized carbons (Fsp3) is 0.409. The average molecular weight is 398 g/mol. The average Bonchev–Trinajstić information content (AvgIpc) is 3.21. The Labute approximate surface area is 168 Å². The molecule has 6 nitrogen and oxygen atoms in total. The number of benzene rings is 1. The molecule has 3 rings (SSSR count). The second kappa shape index (κ2) is 8.48. The van der Waals surface area contributed by atoms with Gasteiger partial charge in [-0.05, 0) is 43.9 Å². The van der Waals surface area contributed by atoms with Gasteiger partial charge in [-0.25, -0.2) is 4.39 Å². The van der Waals surface area contributed by atoms with Gasteiger partial charge in [0.1, 0.15) is 11.6 Å². The first-order valence-electron chi connectivity index (χ1n) is 9.74. The fourth-order valence-electron chi connectivity index (χ4n) is 3.89. The minimum absolute atomic E-state index is 0.0746. The van der Waals surface area contributed by atoms with Crippen LogP contribution in [0.15, 0.2) is 29.1 Å². The highest BCUT2D eigenvalue weighted by Crippen LogP contribution is 2.34. The summed E-state index contributed by atoms with van der Waals surface area (Å²) in [6, 6.07) is 7.35. The van der Waals surface area contributed by atoms with Gasteiger partial charge >= 0.3 is 0 Å². The van der Waals surface area contributed by atoms with Crippen molar-refractivity contribution in [3.8, 4) is 17.7 Å². The van der Waals surface area contributed by atoms with Crippen molar-refractivity contribution in [3.05, 3.63) is 57.1 Å². The van der Waals surface area contributed by atoms with E-state index in [1.54, 1.807) is 13.0 Å². The summed E-state index contributed by atoms with van der Waals surface area (Å²) in [5.74, 6) is -1.71. The van der Waals surface area contributed by atoms with Crippen LogP contribution >= 0.6 is 0 Å². The Bertz CT molecular complexity index is 1030. The third-order valence-electron chi connectivity index (χ3n) is 5.45. The van der Waals surface area contributed by atoms with E-state index in [2.05, 4.69) is 0 Å². The van der Waals surface area contributed by atoms with Crippen molar-refractivity contribution in [2.24, 2.45) is 0 Å². The molecule has 1 aromatic heterocycles. The van der Waals surface area contributed by atoms with Crippen LogP contribution in [-0.4, -0.2) is 21.6 Å². The van der Waals surface area contributed by atoms with Crippen molar-refractivity contribution < 1.29 is 19.0 Å². The molecular weight excluding hydrogens is 375 g/mol. The number of ketones is 1. The maximum Gasteiger partial charge on any atom is 0.271 e. The highest BCUT2D eigenvalue weighted by atomic mass is 19.1. The van der Waals surface area contributed by atoms with Crippen LogP contribution in [0.25, 0.3) is 0 Å². The number of pyridine rings is 1. The lowest BCUT2D eigenvalue weighted by Crippen LogP contribution is -2.33. The molecule has 1 heterocycles. The second-order valence-electron chi connectivity index (χ2n) is 7.23. The van der Waals surface area contributed by atoms with Gasteiger partial charge in [0.15, 0.2) is 17.7 Å². The normalized spacial score (nSPS) is 15.1. The number of ether oxygens (including phenoxy) is 1. The van der Waals surface area contributed by atoms with Gasteiger partial charge in [0.05, 0.1) is 5.56 Å². The molecule has 2 aromatic rings. The minimum atomic E-state index is -1.07. The molecule has 0 saturated heterocycles. The Kier molecular flexibility index (Phi) is 6.02. The van der Waals surface area contributed by atoms with Crippen LogP contribution in [0.3, 0.4) is 0 Å². The van der Waals surface area contributed by atoms with Crippen molar-refractivity contribution in [1.82, 2.24) is 4.57 Å². The van der Waals surface area contributed by atoms with E-state index in [1.807, 2.05) is 6.07 Å². The van der Waals surface area contributed by atoms with Crippen molar-refractivity contribution in [3.63, 3.8) is 0 Å². The molecule has 1 aliphatic carbocycles. The number of halogens is 1. The van der Waals surface area contributed by atoms with E-state index in [-0.39, 0.29) is 34.9 Å². The maximum atomic E-state index is 14.0. The summed E-state index contributed by atoms with van der Waals surface area (Å²) in [5.41, 5.74) is -0.756. The zero-order valence-electron chi connectivity index (χ0n) is 16.4. The molecule has 1 aromatic carbocycles. The van der Waals surface area contributed by atoms with Gasteiger partial charge in [-0.1, -0.05) is 31.9 Å². The van der Waals surface area contributed by atoms with Gasteiger partial charge in [0.25, 0.3) is 5.56 Å². The predicted octanol–water partition coefficient (Wildman–Crippen LogP) is 4.03. The number of aromatic hydroxyl groups is 1. The van der Waals surface area contributed by atoms with Gasteiger partial charge in [0, 0.05) is 6.04 Å². The van der Waals surface area contributed by atoms with Crippen LogP contribution in [0, 0.1) is 24.1 Å². The lowest BCUT2D eigenvalue weighted by atomic mass is 9.97. The van der Waals surface area contributed by atoms with Crippen LogP contribution in [-0.2, 0) is 0 Å². The zero-order chi connectivity index (χ0) is 21.1. The summed E-state index contributed by atoms with van der Waals surface area (Å²) >= 11 is 0. The van der Waals surface area contributed by atoms with Crippen molar-refractivity contribution >= 4 is 5.78 Å². The number of rotatable bonds is 6. The standard InChI is InChI=1S/C22H23FN2O4/c1-3-17(29-18-11-7-6-10-16(18)23)20(26)19-13(2)15(12-24)21(27)25(22(19)28)14-8-4-5-9-14/h6-7,10-11,14,17,28H,3-5,8-9H2,1-2H3. The molecule has 0 radical (unpaired) electrons. The number of para-hydroxylation sites is 1. The van der Waals surface area contributed by atoms with Crippen LogP contribution in [0.2, 0.25) is 0 Å². The molecular formula is C22H23FN2O4. The van der Waals surface area contributed by atoms with Gasteiger partial charge in [-0.15, -0.1) is 0 Å². The number of Topliss-reactive ketones (excluding diaryl/α,β-unsaturated/α-hetero) is 1. The Morgan fingerprint density at radius 1 is 1.38 bits per heavy atom. The molecule has 0 aliphatic heterocycles. The zero-order valence-corrected chi connectivity index (χ0v) is 16.4. The first-order valence-corrected chi connectivity index (χ1v) is 9.74. The number of aromatic nitrogens is 1. The second-order valence-corrected chi connectivity index (χ2v) is 7.23. The molecule has 152 valence electrons. The van der Waals surface area contributed by atoms with Crippen LogP contribution in [0.1, 0.15) is 66.6 Å². The summed E-state index contributed by atoms with van der Waals surface area (Å²) in [5, 5.41) is 20.4. The summed E-state index contributed by atoms with van der Waals surface area (Å²) in [7, 11) is 0. The Morgan fingerprint density at radius 3 is 2.62 bits per heavy atom. The lowest BCUT2D eigenvalue weighted by molar-refractivity contribution is 0.0774. The van der Waals surface area contributed by atoms with Crippen LogP contribution in [0.5, 0.6) is 11.6 Å². The van der Waals surface area contributed by atoms with E-state index in [0.717, 1.165) is 12.8 Å². The molecule has 0 bridgehead atoms. The highest BCUT2D eigenvalue weighted by Gasteiger charge is 2.32. The predicted molar refractivity (Wildman–Crippen MR) is 105 cm³/mol. The topological polar surface area (TPSA) is 92.3 Å². The largest absolute Gasteiger partial charge is 0.494 e. The van der Waals surface area contributed by atoms with Crippen LogP contribution < -0.4 is 10.3 Å². The first-order chi connectivity index (χ1) is 13.9.